The maximum Gasteiger partial charge on any atom is 0.137 e. The number of aromatic nitrogens is 1. The Labute approximate surface area is 219 Å². The van der Waals surface area contributed by atoms with E-state index in [1.54, 1.807) is 0 Å². The Morgan fingerprint density at radius 2 is 0.763 bits per heavy atom. The summed E-state index contributed by atoms with van der Waals surface area (Å²) in [6, 6.07) is 49.4. The number of hydrogen-bond donors (Lipinski definition) is 0. The summed E-state index contributed by atoms with van der Waals surface area (Å²) >= 11 is 0. The van der Waals surface area contributed by atoms with Crippen LogP contribution in [0, 0.1) is 0 Å². The van der Waals surface area contributed by atoms with Gasteiger partial charge in [-0.25, -0.2) is 0 Å². The molecule has 0 atom stereocenters. The molecule has 2 aromatic heterocycles. The Kier molecular flexibility index (Phi) is 4.55. The van der Waals surface area contributed by atoms with Gasteiger partial charge in [0.1, 0.15) is 11.2 Å². The molecule has 0 bridgehead atoms. The van der Waals surface area contributed by atoms with Crippen LogP contribution in [0.4, 0.5) is 0 Å². The molecule has 0 N–H and O–H groups in total. The molecule has 6 aromatic carbocycles. The number of rotatable bonds is 1. The molecule has 0 aliphatic rings. The number of hydrogen-bond acceptors (Lipinski definition) is 1. The van der Waals surface area contributed by atoms with Gasteiger partial charge in [0.05, 0.1) is 11.0 Å². The minimum absolute atomic E-state index is 0.845. The summed E-state index contributed by atoms with van der Waals surface area (Å²) < 4.78 is 9.17. The fraction of sp³-hybridized carbons (Fsp3) is 0. The summed E-state index contributed by atoms with van der Waals surface area (Å²) in [6.07, 6.45) is 0. The minimum atomic E-state index is 0.845. The zero-order chi connectivity index (χ0) is 25.1. The van der Waals surface area contributed by atoms with E-state index in [4.69, 9.17) is 4.42 Å². The van der Waals surface area contributed by atoms with Gasteiger partial charge in [0, 0.05) is 33.3 Å². The van der Waals surface area contributed by atoms with Crippen molar-refractivity contribution in [2.75, 3.05) is 0 Å². The topological polar surface area (TPSA) is 18.1 Å². The predicted octanol–water partition coefficient (Wildman–Crippen LogP) is 10.1. The normalized spacial score (nSPS) is 11.7. The third-order valence-electron chi connectivity index (χ3n) is 7.64. The molecule has 8 aromatic rings. The van der Waals surface area contributed by atoms with Crippen LogP contribution in [0.25, 0.3) is 71.0 Å². The largest absolute Gasteiger partial charge is 0.456 e. The van der Waals surface area contributed by atoms with Crippen LogP contribution in [0.15, 0.2) is 144 Å². The van der Waals surface area contributed by atoms with E-state index in [2.05, 4.69) is 138 Å². The second-order valence-electron chi connectivity index (χ2n) is 9.74. The molecular formula is C36H23NO. The van der Waals surface area contributed by atoms with Crippen molar-refractivity contribution in [1.82, 2.24) is 4.57 Å². The van der Waals surface area contributed by atoms with Gasteiger partial charge in [0.2, 0.25) is 0 Å². The fourth-order valence-electron chi connectivity index (χ4n) is 5.96. The van der Waals surface area contributed by atoms with Crippen molar-refractivity contribution in [1.29, 1.82) is 0 Å². The summed E-state index contributed by atoms with van der Waals surface area (Å²) in [4.78, 5) is 0. The van der Waals surface area contributed by atoms with Gasteiger partial charge < -0.3 is 8.98 Å². The van der Waals surface area contributed by atoms with Crippen LogP contribution in [0.5, 0.6) is 0 Å². The molecule has 2 nitrogen and oxygen atoms in total. The van der Waals surface area contributed by atoms with Gasteiger partial charge in [-0.2, -0.15) is 0 Å². The molecule has 0 saturated carbocycles. The molecule has 0 unspecified atom stereocenters. The van der Waals surface area contributed by atoms with E-state index in [1.807, 2.05) is 6.07 Å². The lowest BCUT2D eigenvalue weighted by molar-refractivity contribution is 0.663. The van der Waals surface area contributed by atoms with Gasteiger partial charge >= 0.3 is 0 Å². The maximum atomic E-state index is 6.83. The van der Waals surface area contributed by atoms with E-state index < -0.39 is 0 Å². The third-order valence-corrected chi connectivity index (χ3v) is 7.64. The molecule has 178 valence electrons. The van der Waals surface area contributed by atoms with E-state index in [0.29, 0.717) is 0 Å². The predicted molar refractivity (Wildman–Crippen MR) is 161 cm³/mol. The van der Waals surface area contributed by atoms with Crippen molar-refractivity contribution in [3.63, 3.8) is 0 Å². The molecule has 2 heteroatoms. The lowest BCUT2D eigenvalue weighted by atomic mass is 10.0. The molecule has 0 radical (unpaired) electrons. The van der Waals surface area contributed by atoms with Gasteiger partial charge in [0.25, 0.3) is 0 Å². The Hall–Kier alpha value is -5.08. The van der Waals surface area contributed by atoms with Gasteiger partial charge in [-0.15, -0.1) is 0 Å². The first-order valence-corrected chi connectivity index (χ1v) is 13.0. The Bertz CT molecular complexity index is 2190. The molecule has 0 saturated heterocycles. The second-order valence-corrected chi connectivity index (χ2v) is 9.74. The second kappa shape index (κ2) is 8.22. The summed E-state index contributed by atoms with van der Waals surface area (Å²) in [5, 5.41) is 9.41. The van der Waals surface area contributed by atoms with Gasteiger partial charge in [-0.05, 0) is 51.9 Å². The first-order chi connectivity index (χ1) is 18.9. The van der Waals surface area contributed by atoms with Crippen LogP contribution >= 0.6 is 0 Å². The zero-order valence-corrected chi connectivity index (χ0v) is 20.6. The van der Waals surface area contributed by atoms with E-state index in [0.717, 1.165) is 33.0 Å². The van der Waals surface area contributed by atoms with E-state index >= 15 is 0 Å². The average molecular weight is 486 g/mol. The van der Waals surface area contributed by atoms with Gasteiger partial charge in [-0.3, -0.25) is 0 Å². The summed E-state index contributed by atoms with van der Waals surface area (Å²) in [7, 11) is 0. The van der Waals surface area contributed by atoms with Crippen molar-refractivity contribution in [2.24, 2.45) is 0 Å². The van der Waals surface area contributed by atoms with Crippen LogP contribution < -0.4 is 0 Å². The number of para-hydroxylation sites is 3. The third kappa shape index (κ3) is 3.07. The lowest BCUT2D eigenvalue weighted by Gasteiger charge is -2.09. The highest BCUT2D eigenvalue weighted by Crippen LogP contribution is 2.35. The Morgan fingerprint density at radius 3 is 1.34 bits per heavy atom. The van der Waals surface area contributed by atoms with E-state index in [-0.39, 0.29) is 0 Å². The molecule has 0 aliphatic heterocycles. The highest BCUT2D eigenvalue weighted by molar-refractivity contribution is 6.18. The SMILES string of the molecule is c1ccc2c(c1)oc1cc(-n3c4ccccc4c4ccccc43)ccc1c1ccccc1c1ccccc21. The van der Waals surface area contributed by atoms with Crippen LogP contribution in [0.3, 0.4) is 0 Å². The molecule has 0 amide bonds. The molecule has 2 heterocycles. The monoisotopic (exact) mass is 485 g/mol. The van der Waals surface area contributed by atoms with Crippen molar-refractivity contribution in [3.8, 4) is 5.69 Å². The maximum absolute atomic E-state index is 6.83. The summed E-state index contributed by atoms with van der Waals surface area (Å²) in [5.41, 5.74) is 5.15. The highest BCUT2D eigenvalue weighted by atomic mass is 16.3. The number of nitrogens with zero attached hydrogens (tertiary/aromatic N) is 1. The van der Waals surface area contributed by atoms with Gasteiger partial charge in [0.15, 0.2) is 0 Å². The van der Waals surface area contributed by atoms with Crippen molar-refractivity contribution in [3.05, 3.63) is 140 Å². The smallest absolute Gasteiger partial charge is 0.137 e. The molecule has 0 spiro atoms. The first-order valence-electron chi connectivity index (χ1n) is 13.0. The summed E-state index contributed by atoms with van der Waals surface area (Å²) in [5.74, 6) is 0. The van der Waals surface area contributed by atoms with Crippen molar-refractivity contribution < 1.29 is 4.42 Å². The zero-order valence-electron chi connectivity index (χ0n) is 20.6. The standard InChI is InChI=1S/C36H23NO/c1-3-13-27-25(11-1)26-12-2-4-14-28(26)32-22-21-24(23-36(32)38-35-20-10-7-17-31(27)35)37-33-18-8-5-15-29(33)30-16-6-9-19-34(30)37/h1-23H. The summed E-state index contributed by atoms with van der Waals surface area (Å²) in [6.45, 7) is 0. The lowest BCUT2D eigenvalue weighted by Crippen LogP contribution is -1.93. The fourth-order valence-corrected chi connectivity index (χ4v) is 5.96. The van der Waals surface area contributed by atoms with Crippen molar-refractivity contribution >= 4 is 65.3 Å². The Balaban J connectivity index is 1.59. The molecule has 8 rings (SSSR count). The van der Waals surface area contributed by atoms with Crippen LogP contribution in [0.1, 0.15) is 0 Å². The van der Waals surface area contributed by atoms with Gasteiger partial charge in [-0.1, -0.05) is 103 Å². The molecular weight excluding hydrogens is 462 g/mol. The number of fused-ring (bicyclic) bond motifs is 10. The molecule has 0 fully saturated rings. The number of benzene rings is 6. The first kappa shape index (κ1) is 21.0. The van der Waals surface area contributed by atoms with Crippen LogP contribution in [0.2, 0.25) is 0 Å². The van der Waals surface area contributed by atoms with Crippen LogP contribution in [-0.4, -0.2) is 4.57 Å². The van der Waals surface area contributed by atoms with Crippen molar-refractivity contribution in [2.45, 2.75) is 0 Å². The van der Waals surface area contributed by atoms with Crippen LogP contribution in [-0.2, 0) is 0 Å². The quantitative estimate of drug-likeness (QED) is 0.226. The van der Waals surface area contributed by atoms with E-state index in [1.165, 1.54) is 38.0 Å². The minimum Gasteiger partial charge on any atom is -0.456 e. The average Bonchev–Trinajstić information content (AvgIpc) is 3.33. The van der Waals surface area contributed by atoms with E-state index in [9.17, 15) is 0 Å². The highest BCUT2D eigenvalue weighted by Gasteiger charge is 2.13. The molecule has 38 heavy (non-hydrogen) atoms. The Morgan fingerprint density at radius 1 is 0.342 bits per heavy atom. The molecule has 0 aliphatic carbocycles.